The maximum absolute atomic E-state index is 10.8. The molecule has 88 valence electrons. The molecule has 0 saturated heterocycles. The third-order valence-corrected chi connectivity index (χ3v) is 3.13. The minimum atomic E-state index is -0.470. The summed E-state index contributed by atoms with van der Waals surface area (Å²) in [6, 6.07) is 1.41. The lowest BCUT2D eigenvalue weighted by Crippen LogP contribution is -2.04. The van der Waals surface area contributed by atoms with Crippen LogP contribution >= 0.6 is 27.3 Å². The van der Waals surface area contributed by atoms with Gasteiger partial charge in [0.15, 0.2) is 0 Å². The number of hydrogen-bond acceptors (Lipinski definition) is 6. The van der Waals surface area contributed by atoms with Gasteiger partial charge in [-0.25, -0.2) is 9.97 Å². The Labute approximate surface area is 109 Å². The Kier molecular flexibility index (Phi) is 3.64. The molecule has 0 radical (unpaired) electrons. The molecule has 0 aliphatic rings. The number of halogens is 1. The number of nitro groups is 1. The first kappa shape index (κ1) is 11.9. The highest BCUT2D eigenvalue weighted by Crippen LogP contribution is 2.25. The molecule has 0 spiro atoms. The van der Waals surface area contributed by atoms with E-state index in [2.05, 4.69) is 31.2 Å². The lowest BCUT2D eigenvalue weighted by molar-refractivity contribution is -0.384. The van der Waals surface area contributed by atoms with Crippen LogP contribution < -0.4 is 5.32 Å². The van der Waals surface area contributed by atoms with Gasteiger partial charge in [-0.3, -0.25) is 10.1 Å². The number of pyridine rings is 1. The van der Waals surface area contributed by atoms with Gasteiger partial charge >= 0.3 is 5.69 Å². The second kappa shape index (κ2) is 5.19. The van der Waals surface area contributed by atoms with Crippen LogP contribution in [-0.4, -0.2) is 14.9 Å². The molecule has 2 rings (SSSR count). The molecular formula is C9H7BrN4O2S. The smallest absolute Gasteiger partial charge is 0.312 e. The molecule has 1 N–H and O–H groups in total. The SMILES string of the molecule is O=[N+]([O-])c1cc(Br)cnc1NCc1nccs1. The average molecular weight is 315 g/mol. The normalized spacial score (nSPS) is 10.2. The fourth-order valence-corrected chi connectivity index (χ4v) is 2.08. The molecule has 0 atom stereocenters. The number of aromatic nitrogens is 2. The Balaban J connectivity index is 2.17. The van der Waals surface area contributed by atoms with Crippen molar-refractivity contribution >= 4 is 38.8 Å². The van der Waals surface area contributed by atoms with Crippen LogP contribution in [0.4, 0.5) is 11.5 Å². The van der Waals surface area contributed by atoms with Gasteiger partial charge in [0.05, 0.1) is 11.5 Å². The lowest BCUT2D eigenvalue weighted by Gasteiger charge is -2.04. The van der Waals surface area contributed by atoms with Crippen molar-refractivity contribution in [3.63, 3.8) is 0 Å². The van der Waals surface area contributed by atoms with Crippen molar-refractivity contribution in [3.05, 3.63) is 43.4 Å². The van der Waals surface area contributed by atoms with Crippen LogP contribution in [0.25, 0.3) is 0 Å². The summed E-state index contributed by atoms with van der Waals surface area (Å²) in [5, 5.41) is 16.4. The van der Waals surface area contributed by atoms with Crippen LogP contribution in [0.3, 0.4) is 0 Å². The highest BCUT2D eigenvalue weighted by molar-refractivity contribution is 9.10. The summed E-state index contributed by atoms with van der Waals surface area (Å²) in [7, 11) is 0. The van der Waals surface area contributed by atoms with E-state index in [1.807, 2.05) is 5.38 Å². The average Bonchev–Trinajstić information content (AvgIpc) is 2.80. The fraction of sp³-hybridized carbons (Fsp3) is 0.111. The summed E-state index contributed by atoms with van der Waals surface area (Å²) in [4.78, 5) is 18.4. The predicted molar refractivity (Wildman–Crippen MR) is 68.0 cm³/mol. The lowest BCUT2D eigenvalue weighted by atomic mass is 10.4. The number of nitrogens with zero attached hydrogens (tertiary/aromatic N) is 3. The molecule has 2 aromatic heterocycles. The third-order valence-electron chi connectivity index (χ3n) is 1.92. The van der Waals surface area contributed by atoms with E-state index in [-0.39, 0.29) is 11.5 Å². The molecule has 8 heteroatoms. The highest BCUT2D eigenvalue weighted by atomic mass is 79.9. The molecule has 0 aromatic carbocycles. The van der Waals surface area contributed by atoms with Crippen molar-refractivity contribution in [1.82, 2.24) is 9.97 Å². The fourth-order valence-electron chi connectivity index (χ4n) is 1.20. The zero-order chi connectivity index (χ0) is 12.3. The van der Waals surface area contributed by atoms with Gasteiger partial charge in [0.25, 0.3) is 0 Å². The van der Waals surface area contributed by atoms with E-state index in [0.29, 0.717) is 11.0 Å². The first-order chi connectivity index (χ1) is 8.16. The number of hydrogen-bond donors (Lipinski definition) is 1. The Hall–Kier alpha value is -1.54. The molecule has 0 fully saturated rings. The Morgan fingerprint density at radius 1 is 1.53 bits per heavy atom. The molecule has 6 nitrogen and oxygen atoms in total. The molecular weight excluding hydrogens is 308 g/mol. The monoisotopic (exact) mass is 314 g/mol. The summed E-state index contributed by atoms with van der Waals surface area (Å²) in [6.07, 6.45) is 3.20. The Morgan fingerprint density at radius 3 is 3.00 bits per heavy atom. The first-order valence-corrected chi connectivity index (χ1v) is 6.26. The van der Waals surface area contributed by atoms with E-state index in [1.165, 1.54) is 23.6 Å². The number of nitrogens with one attached hydrogen (secondary N) is 1. The zero-order valence-corrected chi connectivity index (χ0v) is 10.9. The van der Waals surface area contributed by atoms with Crippen molar-refractivity contribution in [1.29, 1.82) is 0 Å². The molecule has 0 amide bonds. The minimum Gasteiger partial charge on any atom is -0.358 e. The van der Waals surface area contributed by atoms with Gasteiger partial charge in [0.2, 0.25) is 5.82 Å². The second-order valence-corrected chi connectivity index (χ2v) is 4.95. The van der Waals surface area contributed by atoms with Gasteiger partial charge in [-0.15, -0.1) is 11.3 Å². The molecule has 0 aliphatic carbocycles. The quantitative estimate of drug-likeness (QED) is 0.693. The van der Waals surface area contributed by atoms with Gasteiger partial charge in [0.1, 0.15) is 5.01 Å². The van der Waals surface area contributed by atoms with E-state index in [1.54, 1.807) is 6.20 Å². The molecule has 0 unspecified atom stereocenters. The van der Waals surface area contributed by atoms with Crippen molar-refractivity contribution in [2.24, 2.45) is 0 Å². The van der Waals surface area contributed by atoms with Crippen LogP contribution in [0.15, 0.2) is 28.3 Å². The van der Waals surface area contributed by atoms with E-state index in [9.17, 15) is 10.1 Å². The van der Waals surface area contributed by atoms with E-state index >= 15 is 0 Å². The van der Waals surface area contributed by atoms with Gasteiger partial charge < -0.3 is 5.32 Å². The molecule has 0 bridgehead atoms. The van der Waals surface area contributed by atoms with Crippen LogP contribution in [0, 0.1) is 10.1 Å². The topological polar surface area (TPSA) is 81.0 Å². The second-order valence-electron chi connectivity index (χ2n) is 3.06. The number of thiazole rings is 1. The van der Waals surface area contributed by atoms with Gasteiger partial charge in [0, 0.05) is 28.3 Å². The van der Waals surface area contributed by atoms with Crippen molar-refractivity contribution < 1.29 is 4.92 Å². The minimum absolute atomic E-state index is 0.0593. The number of anilines is 1. The van der Waals surface area contributed by atoms with E-state index in [4.69, 9.17) is 0 Å². The summed E-state index contributed by atoms with van der Waals surface area (Å²) < 4.78 is 0.573. The number of rotatable bonds is 4. The standard InChI is InChI=1S/C9H7BrN4O2S/c10-6-3-7(14(15)16)9(12-4-6)13-5-8-11-1-2-17-8/h1-4H,5H2,(H,12,13). The predicted octanol–water partition coefficient (Wildman–Crippen LogP) is 2.82. The van der Waals surface area contributed by atoms with Crippen LogP contribution in [0.5, 0.6) is 0 Å². The Morgan fingerprint density at radius 2 is 2.35 bits per heavy atom. The zero-order valence-electron chi connectivity index (χ0n) is 8.46. The summed E-state index contributed by atoms with van der Waals surface area (Å²) in [5.74, 6) is 0.244. The van der Waals surface area contributed by atoms with Crippen LogP contribution in [0.1, 0.15) is 5.01 Å². The van der Waals surface area contributed by atoms with Gasteiger partial charge in [-0.1, -0.05) is 0 Å². The van der Waals surface area contributed by atoms with Gasteiger partial charge in [-0.05, 0) is 15.9 Å². The van der Waals surface area contributed by atoms with E-state index in [0.717, 1.165) is 5.01 Å². The van der Waals surface area contributed by atoms with Crippen molar-refractivity contribution in [3.8, 4) is 0 Å². The van der Waals surface area contributed by atoms with E-state index < -0.39 is 4.92 Å². The molecule has 0 aliphatic heterocycles. The van der Waals surface area contributed by atoms with Crippen LogP contribution in [0.2, 0.25) is 0 Å². The summed E-state index contributed by atoms with van der Waals surface area (Å²) in [5.41, 5.74) is -0.0593. The first-order valence-electron chi connectivity index (χ1n) is 4.59. The van der Waals surface area contributed by atoms with Crippen LogP contribution in [-0.2, 0) is 6.54 Å². The summed E-state index contributed by atoms with van der Waals surface area (Å²) in [6.45, 7) is 0.424. The molecule has 2 aromatic rings. The molecule has 0 saturated carbocycles. The van der Waals surface area contributed by atoms with Crippen molar-refractivity contribution in [2.45, 2.75) is 6.54 Å². The largest absolute Gasteiger partial charge is 0.358 e. The third kappa shape index (κ3) is 2.98. The summed E-state index contributed by atoms with van der Waals surface area (Å²) >= 11 is 4.63. The molecule has 2 heterocycles. The Bertz CT molecular complexity index is 532. The molecule has 17 heavy (non-hydrogen) atoms. The maximum atomic E-state index is 10.8. The maximum Gasteiger partial charge on any atom is 0.312 e. The highest BCUT2D eigenvalue weighted by Gasteiger charge is 2.15. The van der Waals surface area contributed by atoms with Crippen molar-refractivity contribution in [2.75, 3.05) is 5.32 Å². The van der Waals surface area contributed by atoms with Gasteiger partial charge in [-0.2, -0.15) is 0 Å².